The molecule has 1 aromatic heterocycles. The van der Waals surface area contributed by atoms with Crippen molar-refractivity contribution in [1.29, 1.82) is 0 Å². The molecule has 0 spiro atoms. The Kier molecular flexibility index (Phi) is 5.63. The average Bonchev–Trinajstić information content (AvgIpc) is 2.64. The van der Waals surface area contributed by atoms with Crippen LogP contribution in [-0.4, -0.2) is 27.6 Å². The molecule has 0 saturated heterocycles. The molecule has 1 heterocycles. The first-order chi connectivity index (χ1) is 9.28. The normalized spacial score (nSPS) is 16.9. The fourth-order valence-electron chi connectivity index (χ4n) is 2.26. The van der Waals surface area contributed by atoms with E-state index >= 15 is 0 Å². The summed E-state index contributed by atoms with van der Waals surface area (Å²) in [6, 6.07) is 0.734. The maximum atomic E-state index is 5.90. The van der Waals surface area contributed by atoms with Crippen molar-refractivity contribution in [3.05, 3.63) is 5.28 Å². The Morgan fingerprint density at radius 1 is 1.16 bits per heavy atom. The highest BCUT2D eigenvalue weighted by molar-refractivity contribution is 6.28. The molecule has 0 radical (unpaired) electrons. The molecule has 0 amide bonds. The van der Waals surface area contributed by atoms with Gasteiger partial charge in [-0.05, 0) is 30.9 Å². The van der Waals surface area contributed by atoms with Crippen LogP contribution in [0, 0.1) is 0 Å². The summed E-state index contributed by atoms with van der Waals surface area (Å²) >= 11 is 5.90. The Hall–Kier alpha value is -1.10. The minimum absolute atomic E-state index is 0.178. The zero-order valence-electron chi connectivity index (χ0n) is 11.4. The van der Waals surface area contributed by atoms with Gasteiger partial charge in [0.1, 0.15) is 0 Å². The zero-order valence-corrected chi connectivity index (χ0v) is 12.1. The van der Waals surface area contributed by atoms with Gasteiger partial charge in [0.2, 0.25) is 11.2 Å². The van der Waals surface area contributed by atoms with Gasteiger partial charge < -0.3 is 10.1 Å². The predicted octanol–water partition coefficient (Wildman–Crippen LogP) is 3.45. The van der Waals surface area contributed by atoms with E-state index in [1.54, 1.807) is 0 Å². The Morgan fingerprint density at radius 2 is 1.89 bits per heavy atom. The van der Waals surface area contributed by atoms with Crippen LogP contribution >= 0.6 is 11.6 Å². The maximum Gasteiger partial charge on any atom is 0.322 e. The van der Waals surface area contributed by atoms with Crippen LogP contribution in [0.1, 0.15) is 51.9 Å². The highest BCUT2D eigenvalue weighted by Gasteiger charge is 2.14. The molecule has 1 N–H and O–H groups in total. The molecule has 2 rings (SSSR count). The molecule has 0 aromatic carbocycles. The quantitative estimate of drug-likeness (QED) is 0.839. The van der Waals surface area contributed by atoms with Gasteiger partial charge in [-0.2, -0.15) is 15.0 Å². The van der Waals surface area contributed by atoms with Crippen LogP contribution in [0.15, 0.2) is 0 Å². The standard InChI is InChI=1S/C13H21ClN4O/c1-2-9-19-13-17-11(14)16-12(18-13)15-10-7-5-3-4-6-8-10/h10H,2-9H2,1H3,(H,15,16,17,18). The molecule has 0 bridgehead atoms. The molecule has 1 saturated carbocycles. The van der Waals surface area contributed by atoms with Gasteiger partial charge >= 0.3 is 6.01 Å². The van der Waals surface area contributed by atoms with Crippen molar-refractivity contribution in [1.82, 2.24) is 15.0 Å². The summed E-state index contributed by atoms with van der Waals surface area (Å²) in [5.74, 6) is 0.526. The highest BCUT2D eigenvalue weighted by Crippen LogP contribution is 2.21. The number of hydrogen-bond acceptors (Lipinski definition) is 5. The van der Waals surface area contributed by atoms with Gasteiger partial charge in [-0.1, -0.05) is 32.6 Å². The van der Waals surface area contributed by atoms with E-state index in [2.05, 4.69) is 20.3 Å². The summed E-state index contributed by atoms with van der Waals surface area (Å²) < 4.78 is 5.40. The lowest BCUT2D eigenvalue weighted by atomic mass is 10.1. The van der Waals surface area contributed by atoms with Gasteiger partial charge in [0.05, 0.1) is 6.61 Å². The van der Waals surface area contributed by atoms with Gasteiger partial charge in [-0.25, -0.2) is 0 Å². The molecule has 0 unspecified atom stereocenters. The number of nitrogens with zero attached hydrogens (tertiary/aromatic N) is 3. The number of halogens is 1. The number of rotatable bonds is 5. The van der Waals surface area contributed by atoms with Crippen molar-refractivity contribution in [2.24, 2.45) is 0 Å². The zero-order chi connectivity index (χ0) is 13.5. The molecule has 1 aromatic rings. The Morgan fingerprint density at radius 3 is 2.58 bits per heavy atom. The van der Waals surface area contributed by atoms with E-state index in [1.807, 2.05) is 6.92 Å². The van der Waals surface area contributed by atoms with Crippen LogP contribution in [0.2, 0.25) is 5.28 Å². The first kappa shape index (κ1) is 14.3. The van der Waals surface area contributed by atoms with E-state index < -0.39 is 0 Å². The minimum atomic E-state index is 0.178. The SMILES string of the molecule is CCCOc1nc(Cl)nc(NC2CCCCCC2)n1. The Labute approximate surface area is 119 Å². The van der Waals surface area contributed by atoms with E-state index in [9.17, 15) is 0 Å². The molecular weight excluding hydrogens is 264 g/mol. The summed E-state index contributed by atoms with van der Waals surface area (Å²) in [6.07, 6.45) is 8.39. The first-order valence-electron chi connectivity index (χ1n) is 7.09. The van der Waals surface area contributed by atoms with Crippen molar-refractivity contribution in [2.75, 3.05) is 11.9 Å². The molecule has 5 nitrogen and oxygen atoms in total. The molecule has 1 aliphatic rings. The molecule has 106 valence electrons. The number of hydrogen-bond donors (Lipinski definition) is 1. The monoisotopic (exact) mass is 284 g/mol. The lowest BCUT2D eigenvalue weighted by molar-refractivity contribution is 0.291. The van der Waals surface area contributed by atoms with Crippen molar-refractivity contribution in [2.45, 2.75) is 57.9 Å². The Bertz CT molecular complexity index is 394. The van der Waals surface area contributed by atoms with E-state index in [0.29, 0.717) is 24.6 Å². The minimum Gasteiger partial charge on any atom is -0.463 e. The lowest BCUT2D eigenvalue weighted by Gasteiger charge is -2.16. The first-order valence-corrected chi connectivity index (χ1v) is 7.46. The lowest BCUT2D eigenvalue weighted by Crippen LogP contribution is -2.20. The molecule has 1 aliphatic carbocycles. The summed E-state index contributed by atoms with van der Waals surface area (Å²) in [4.78, 5) is 12.3. The van der Waals surface area contributed by atoms with Crippen LogP contribution in [0.3, 0.4) is 0 Å². The molecule has 6 heteroatoms. The van der Waals surface area contributed by atoms with Crippen LogP contribution in [0.5, 0.6) is 6.01 Å². The number of anilines is 1. The van der Waals surface area contributed by atoms with Crippen LogP contribution in [-0.2, 0) is 0 Å². The van der Waals surface area contributed by atoms with Crippen molar-refractivity contribution in [3.8, 4) is 6.01 Å². The number of aromatic nitrogens is 3. The van der Waals surface area contributed by atoms with Gasteiger partial charge in [0.15, 0.2) is 0 Å². The maximum absolute atomic E-state index is 5.90. The van der Waals surface area contributed by atoms with E-state index in [1.165, 1.54) is 25.7 Å². The number of nitrogens with one attached hydrogen (secondary N) is 1. The smallest absolute Gasteiger partial charge is 0.322 e. The van der Waals surface area contributed by atoms with Crippen LogP contribution in [0.25, 0.3) is 0 Å². The van der Waals surface area contributed by atoms with Gasteiger partial charge in [-0.15, -0.1) is 0 Å². The second-order valence-electron chi connectivity index (χ2n) is 4.89. The van der Waals surface area contributed by atoms with Gasteiger partial charge in [0.25, 0.3) is 0 Å². The third-order valence-electron chi connectivity index (χ3n) is 3.21. The fraction of sp³-hybridized carbons (Fsp3) is 0.769. The molecular formula is C13H21ClN4O. The molecule has 1 fully saturated rings. The van der Waals surface area contributed by atoms with Crippen LogP contribution in [0.4, 0.5) is 5.95 Å². The summed E-state index contributed by atoms with van der Waals surface area (Å²) in [5.41, 5.74) is 0. The van der Waals surface area contributed by atoms with Gasteiger partial charge in [-0.3, -0.25) is 0 Å². The Balaban J connectivity index is 1.99. The molecule has 19 heavy (non-hydrogen) atoms. The molecule has 0 aliphatic heterocycles. The highest BCUT2D eigenvalue weighted by atomic mass is 35.5. The second kappa shape index (κ2) is 7.48. The summed E-state index contributed by atoms with van der Waals surface area (Å²) in [5, 5.41) is 3.53. The van der Waals surface area contributed by atoms with E-state index in [0.717, 1.165) is 19.3 Å². The van der Waals surface area contributed by atoms with Crippen molar-refractivity contribution < 1.29 is 4.74 Å². The third-order valence-corrected chi connectivity index (χ3v) is 3.38. The third kappa shape index (κ3) is 4.82. The van der Waals surface area contributed by atoms with E-state index in [4.69, 9.17) is 16.3 Å². The second-order valence-corrected chi connectivity index (χ2v) is 5.23. The van der Waals surface area contributed by atoms with Gasteiger partial charge in [0, 0.05) is 6.04 Å². The average molecular weight is 285 g/mol. The summed E-state index contributed by atoms with van der Waals surface area (Å²) in [6.45, 7) is 2.62. The van der Waals surface area contributed by atoms with Crippen LogP contribution < -0.4 is 10.1 Å². The largest absolute Gasteiger partial charge is 0.463 e. The number of ether oxygens (including phenoxy) is 1. The summed E-state index contributed by atoms with van der Waals surface area (Å²) in [7, 11) is 0. The molecule has 0 atom stereocenters. The topological polar surface area (TPSA) is 59.9 Å². The predicted molar refractivity (Wildman–Crippen MR) is 75.7 cm³/mol. The van der Waals surface area contributed by atoms with Crippen molar-refractivity contribution in [3.63, 3.8) is 0 Å². The van der Waals surface area contributed by atoms with Crippen molar-refractivity contribution >= 4 is 17.5 Å². The van der Waals surface area contributed by atoms with E-state index in [-0.39, 0.29) is 5.28 Å². The fourth-order valence-corrected chi connectivity index (χ4v) is 2.41.